The number of halogens is 1. The molecule has 0 radical (unpaired) electrons. The molecule has 1 aromatic carbocycles. The van der Waals surface area contributed by atoms with Gasteiger partial charge in [-0.05, 0) is 54.1 Å². The Morgan fingerprint density at radius 1 is 1.12 bits per heavy atom. The van der Waals surface area contributed by atoms with Gasteiger partial charge in [0, 0.05) is 31.4 Å². The number of amides is 1. The van der Waals surface area contributed by atoms with Gasteiger partial charge >= 0.3 is 0 Å². The molecule has 1 fully saturated rings. The van der Waals surface area contributed by atoms with E-state index >= 15 is 0 Å². The van der Waals surface area contributed by atoms with Crippen molar-refractivity contribution < 1.29 is 17.6 Å². The zero-order valence-corrected chi connectivity index (χ0v) is 20.5. The molecule has 1 amide bonds. The van der Waals surface area contributed by atoms with Gasteiger partial charge in [0.2, 0.25) is 5.91 Å². The summed E-state index contributed by atoms with van der Waals surface area (Å²) in [6, 6.07) is 11.7. The Hall–Kier alpha value is -2.73. The number of aromatic nitrogens is 2. The highest BCUT2D eigenvalue weighted by Crippen LogP contribution is 2.34. The number of benzene rings is 1. The first-order chi connectivity index (χ1) is 16.4. The Morgan fingerprint density at radius 3 is 2.56 bits per heavy atom. The minimum Gasteiger partial charge on any atom is -0.283 e. The Labute approximate surface area is 204 Å². The topological polar surface area (TPSA) is 83.5 Å². The molecular formula is C23H21FN4O3S3. The Bertz CT molecular complexity index is 1400. The monoisotopic (exact) mass is 516 g/mol. The highest BCUT2D eigenvalue weighted by atomic mass is 32.2. The average molecular weight is 517 g/mol. The van der Waals surface area contributed by atoms with Crippen molar-refractivity contribution in [2.24, 2.45) is 5.92 Å². The van der Waals surface area contributed by atoms with Gasteiger partial charge in [-0.1, -0.05) is 23.5 Å². The van der Waals surface area contributed by atoms with Crippen molar-refractivity contribution in [1.82, 2.24) is 14.3 Å². The van der Waals surface area contributed by atoms with Gasteiger partial charge in [-0.3, -0.25) is 14.7 Å². The van der Waals surface area contributed by atoms with E-state index in [0.717, 1.165) is 5.56 Å². The second-order valence-corrected chi connectivity index (χ2v) is 12.1. The van der Waals surface area contributed by atoms with E-state index in [1.807, 2.05) is 12.1 Å². The molecule has 0 unspecified atom stereocenters. The Balaban J connectivity index is 1.39. The van der Waals surface area contributed by atoms with Crippen molar-refractivity contribution in [2.45, 2.75) is 23.6 Å². The molecule has 5 rings (SSSR count). The summed E-state index contributed by atoms with van der Waals surface area (Å²) < 4.78 is 42.4. The molecule has 4 heterocycles. The number of rotatable bonds is 6. The molecule has 0 bridgehead atoms. The number of thiophene rings is 1. The molecule has 4 aromatic rings. The molecule has 34 heavy (non-hydrogen) atoms. The van der Waals surface area contributed by atoms with Crippen LogP contribution in [0.25, 0.3) is 10.2 Å². The van der Waals surface area contributed by atoms with E-state index in [0.29, 0.717) is 26.9 Å². The van der Waals surface area contributed by atoms with Gasteiger partial charge in [-0.15, -0.1) is 11.3 Å². The summed E-state index contributed by atoms with van der Waals surface area (Å²) in [7, 11) is -3.54. The lowest BCUT2D eigenvalue weighted by molar-refractivity contribution is -0.123. The fourth-order valence-corrected chi connectivity index (χ4v) is 7.63. The Morgan fingerprint density at radius 2 is 1.88 bits per heavy atom. The minimum absolute atomic E-state index is 0.135. The lowest BCUT2D eigenvalue weighted by Crippen LogP contribution is -2.44. The standard InChI is InChI=1S/C23H21FN4O3S3/c24-18-3-1-4-19-21(18)26-23(33-19)28(15-16-6-10-25-11-7-16)22(29)17-8-12-27(13-9-17)34(30,31)20-5-2-14-32-20/h1-7,10-11,14,17H,8-9,12-13,15H2. The van der Waals surface area contributed by atoms with E-state index in [9.17, 15) is 17.6 Å². The minimum atomic E-state index is -3.54. The third-order valence-corrected chi connectivity index (χ3v) is 10.2. The number of thiazole rings is 1. The fraction of sp³-hybridized carbons (Fsp3) is 0.261. The Kier molecular flexibility index (Phi) is 6.43. The van der Waals surface area contributed by atoms with Crippen LogP contribution in [0, 0.1) is 11.7 Å². The molecule has 0 atom stereocenters. The van der Waals surface area contributed by atoms with Gasteiger partial charge in [0.25, 0.3) is 10.0 Å². The van der Waals surface area contributed by atoms with Crippen molar-refractivity contribution in [3.05, 3.63) is 71.6 Å². The van der Waals surface area contributed by atoms with Crippen molar-refractivity contribution >= 4 is 54.0 Å². The summed E-state index contributed by atoms with van der Waals surface area (Å²) >= 11 is 2.46. The predicted molar refractivity (Wildman–Crippen MR) is 131 cm³/mol. The summed E-state index contributed by atoms with van der Waals surface area (Å²) in [6.07, 6.45) is 4.14. The third kappa shape index (κ3) is 4.48. The molecule has 1 aliphatic heterocycles. The number of sulfonamides is 1. The first kappa shape index (κ1) is 23.0. The van der Waals surface area contributed by atoms with Crippen LogP contribution in [-0.2, 0) is 21.4 Å². The number of fused-ring (bicyclic) bond motifs is 1. The second-order valence-electron chi connectivity index (χ2n) is 7.97. The summed E-state index contributed by atoms with van der Waals surface area (Å²) in [5.41, 5.74) is 1.12. The van der Waals surface area contributed by atoms with Crippen molar-refractivity contribution in [2.75, 3.05) is 18.0 Å². The van der Waals surface area contributed by atoms with E-state index in [1.54, 1.807) is 46.9 Å². The summed E-state index contributed by atoms with van der Waals surface area (Å²) in [5, 5.41) is 2.16. The molecule has 11 heteroatoms. The van der Waals surface area contributed by atoms with Crippen molar-refractivity contribution in [1.29, 1.82) is 0 Å². The number of piperidine rings is 1. The maximum Gasteiger partial charge on any atom is 0.252 e. The summed E-state index contributed by atoms with van der Waals surface area (Å²) in [4.78, 5) is 23.7. The summed E-state index contributed by atoms with van der Waals surface area (Å²) in [6.45, 7) is 0.818. The van der Waals surface area contributed by atoms with Crippen LogP contribution in [0.3, 0.4) is 0 Å². The normalized spacial score (nSPS) is 15.6. The van der Waals surface area contributed by atoms with Crippen LogP contribution in [-0.4, -0.2) is 41.7 Å². The second kappa shape index (κ2) is 9.49. The maximum absolute atomic E-state index is 14.3. The van der Waals surface area contributed by atoms with Gasteiger partial charge in [0.05, 0.1) is 11.2 Å². The van der Waals surface area contributed by atoms with E-state index in [2.05, 4.69) is 9.97 Å². The molecule has 1 aliphatic rings. The molecule has 0 spiro atoms. The van der Waals surface area contributed by atoms with E-state index in [-0.39, 0.29) is 37.0 Å². The molecule has 0 saturated carbocycles. The first-order valence-corrected chi connectivity index (χ1v) is 13.9. The number of nitrogens with zero attached hydrogens (tertiary/aromatic N) is 4. The third-order valence-electron chi connectivity index (χ3n) is 5.84. The fourth-order valence-electron chi connectivity index (χ4n) is 4.03. The van der Waals surface area contributed by atoms with E-state index < -0.39 is 15.8 Å². The maximum atomic E-state index is 14.3. The van der Waals surface area contributed by atoms with Crippen LogP contribution in [0.5, 0.6) is 0 Å². The van der Waals surface area contributed by atoms with Crippen LogP contribution in [0.4, 0.5) is 9.52 Å². The highest BCUT2D eigenvalue weighted by Gasteiger charge is 2.35. The highest BCUT2D eigenvalue weighted by molar-refractivity contribution is 7.91. The van der Waals surface area contributed by atoms with Crippen LogP contribution in [0.15, 0.2) is 64.4 Å². The van der Waals surface area contributed by atoms with Crippen LogP contribution in [0.2, 0.25) is 0 Å². The number of pyridine rings is 1. The molecule has 1 saturated heterocycles. The van der Waals surface area contributed by atoms with Crippen LogP contribution in [0.1, 0.15) is 18.4 Å². The zero-order chi connectivity index (χ0) is 23.7. The zero-order valence-electron chi connectivity index (χ0n) is 18.0. The number of hydrogen-bond acceptors (Lipinski definition) is 7. The quantitative estimate of drug-likeness (QED) is 0.376. The largest absolute Gasteiger partial charge is 0.283 e. The number of anilines is 1. The van der Waals surface area contributed by atoms with E-state index in [4.69, 9.17) is 0 Å². The lowest BCUT2D eigenvalue weighted by Gasteiger charge is -2.32. The molecule has 3 aromatic heterocycles. The van der Waals surface area contributed by atoms with Gasteiger partial charge < -0.3 is 0 Å². The van der Waals surface area contributed by atoms with Gasteiger partial charge in [-0.2, -0.15) is 4.31 Å². The molecule has 0 aliphatic carbocycles. The number of carbonyl (C=O) groups is 1. The molecule has 176 valence electrons. The first-order valence-electron chi connectivity index (χ1n) is 10.7. The number of para-hydroxylation sites is 1. The summed E-state index contributed by atoms with van der Waals surface area (Å²) in [5.74, 6) is -0.915. The number of carbonyl (C=O) groups excluding carboxylic acids is 1. The number of hydrogen-bond donors (Lipinski definition) is 0. The molecule has 0 N–H and O–H groups in total. The van der Waals surface area contributed by atoms with Gasteiger partial charge in [0.15, 0.2) is 5.13 Å². The van der Waals surface area contributed by atoms with Gasteiger partial charge in [-0.25, -0.2) is 17.8 Å². The lowest BCUT2D eigenvalue weighted by atomic mass is 9.96. The van der Waals surface area contributed by atoms with E-state index in [1.165, 1.54) is 33.0 Å². The van der Waals surface area contributed by atoms with Crippen molar-refractivity contribution in [3.8, 4) is 0 Å². The molecule has 7 nitrogen and oxygen atoms in total. The van der Waals surface area contributed by atoms with Gasteiger partial charge in [0.1, 0.15) is 15.5 Å². The smallest absolute Gasteiger partial charge is 0.252 e. The SMILES string of the molecule is O=C(C1CCN(S(=O)(=O)c2cccs2)CC1)N(Cc1ccncc1)c1nc2c(F)cccc2s1. The molecular weight excluding hydrogens is 495 g/mol. The van der Waals surface area contributed by atoms with Crippen LogP contribution >= 0.6 is 22.7 Å². The van der Waals surface area contributed by atoms with Crippen LogP contribution < -0.4 is 4.90 Å². The average Bonchev–Trinajstić information content (AvgIpc) is 3.54. The predicted octanol–water partition coefficient (Wildman–Crippen LogP) is 4.53. The van der Waals surface area contributed by atoms with Crippen molar-refractivity contribution in [3.63, 3.8) is 0 Å².